The van der Waals surface area contributed by atoms with E-state index in [0.717, 1.165) is 0 Å². The number of thiazole rings is 1. The standard InChI is InChI=1S/C16H20N4O2S/c1-16(2,3)20-14(21)10-4-6-11(7-5-10)18-15(22)12-9-23-13(8-17)19-12/h4-7,9H,8,17H2,1-3H3,(H,18,22)(H,20,21). The maximum atomic E-state index is 12.1. The third kappa shape index (κ3) is 4.87. The van der Waals surface area contributed by atoms with Gasteiger partial charge in [-0.3, -0.25) is 9.59 Å². The van der Waals surface area contributed by atoms with Crippen LogP contribution in [-0.4, -0.2) is 22.3 Å². The highest BCUT2D eigenvalue weighted by Gasteiger charge is 2.15. The number of carbonyl (C=O) groups is 2. The average Bonchev–Trinajstić information content (AvgIpc) is 2.95. The molecule has 0 saturated heterocycles. The molecule has 0 atom stereocenters. The van der Waals surface area contributed by atoms with E-state index >= 15 is 0 Å². The summed E-state index contributed by atoms with van der Waals surface area (Å²) in [4.78, 5) is 28.2. The molecule has 1 aromatic carbocycles. The van der Waals surface area contributed by atoms with Gasteiger partial charge >= 0.3 is 0 Å². The number of benzene rings is 1. The van der Waals surface area contributed by atoms with Crippen LogP contribution in [0.5, 0.6) is 0 Å². The summed E-state index contributed by atoms with van der Waals surface area (Å²) in [5.74, 6) is -0.449. The summed E-state index contributed by atoms with van der Waals surface area (Å²) in [5.41, 5.74) is 6.66. The van der Waals surface area contributed by atoms with E-state index in [1.54, 1.807) is 29.6 Å². The fourth-order valence-corrected chi connectivity index (χ4v) is 2.48. The van der Waals surface area contributed by atoms with Gasteiger partial charge < -0.3 is 16.4 Å². The summed E-state index contributed by atoms with van der Waals surface area (Å²) >= 11 is 1.35. The van der Waals surface area contributed by atoms with Crippen LogP contribution in [0.25, 0.3) is 0 Å². The van der Waals surface area contributed by atoms with E-state index in [-0.39, 0.29) is 17.4 Å². The number of nitrogens with two attached hydrogens (primary N) is 1. The zero-order chi connectivity index (χ0) is 17.0. The summed E-state index contributed by atoms with van der Waals surface area (Å²) in [6.07, 6.45) is 0. The van der Waals surface area contributed by atoms with E-state index in [1.165, 1.54) is 11.3 Å². The summed E-state index contributed by atoms with van der Waals surface area (Å²) < 4.78 is 0. The van der Waals surface area contributed by atoms with Gasteiger partial charge in [0.15, 0.2) is 0 Å². The van der Waals surface area contributed by atoms with Crippen LogP contribution in [-0.2, 0) is 6.54 Å². The lowest BCUT2D eigenvalue weighted by Gasteiger charge is -2.20. The minimum absolute atomic E-state index is 0.150. The van der Waals surface area contributed by atoms with Crippen molar-refractivity contribution in [2.24, 2.45) is 5.73 Å². The van der Waals surface area contributed by atoms with Gasteiger partial charge in [0, 0.05) is 28.7 Å². The maximum Gasteiger partial charge on any atom is 0.275 e. The summed E-state index contributed by atoms with van der Waals surface area (Å²) in [6.45, 7) is 6.07. The maximum absolute atomic E-state index is 12.1. The number of aromatic nitrogens is 1. The van der Waals surface area contributed by atoms with Crippen LogP contribution in [0.3, 0.4) is 0 Å². The predicted molar refractivity (Wildman–Crippen MR) is 91.6 cm³/mol. The Labute approximate surface area is 139 Å². The predicted octanol–water partition coefficient (Wildman–Crippen LogP) is 2.38. The van der Waals surface area contributed by atoms with Crippen LogP contribution in [0.15, 0.2) is 29.6 Å². The Morgan fingerprint density at radius 1 is 1.17 bits per heavy atom. The Balaban J connectivity index is 2.02. The van der Waals surface area contributed by atoms with E-state index in [0.29, 0.717) is 28.5 Å². The van der Waals surface area contributed by atoms with Gasteiger partial charge in [0.1, 0.15) is 10.7 Å². The normalized spacial score (nSPS) is 11.1. The smallest absolute Gasteiger partial charge is 0.275 e. The van der Waals surface area contributed by atoms with E-state index in [4.69, 9.17) is 5.73 Å². The highest BCUT2D eigenvalue weighted by molar-refractivity contribution is 7.09. The van der Waals surface area contributed by atoms with E-state index in [2.05, 4.69) is 15.6 Å². The quantitative estimate of drug-likeness (QED) is 0.801. The van der Waals surface area contributed by atoms with Crippen LogP contribution in [0.2, 0.25) is 0 Å². The number of hydrogen-bond donors (Lipinski definition) is 3. The van der Waals surface area contributed by atoms with Gasteiger partial charge in [0.05, 0.1) is 0 Å². The van der Waals surface area contributed by atoms with Crippen molar-refractivity contribution >= 4 is 28.8 Å². The molecular weight excluding hydrogens is 312 g/mol. The number of hydrogen-bond acceptors (Lipinski definition) is 5. The first kappa shape index (κ1) is 17.1. The number of anilines is 1. The molecule has 2 aromatic rings. The monoisotopic (exact) mass is 332 g/mol. The third-order valence-corrected chi connectivity index (χ3v) is 3.72. The van der Waals surface area contributed by atoms with Crippen molar-refractivity contribution in [1.82, 2.24) is 10.3 Å². The number of nitrogens with zero attached hydrogens (tertiary/aromatic N) is 1. The SMILES string of the molecule is CC(C)(C)NC(=O)c1ccc(NC(=O)c2csc(CN)n2)cc1. The number of amides is 2. The Hall–Kier alpha value is -2.25. The molecule has 0 radical (unpaired) electrons. The molecule has 2 rings (SSSR count). The van der Waals surface area contributed by atoms with Gasteiger partial charge in [-0.1, -0.05) is 0 Å². The second kappa shape index (κ2) is 6.89. The molecule has 122 valence electrons. The lowest BCUT2D eigenvalue weighted by Crippen LogP contribution is -2.40. The molecule has 1 aromatic heterocycles. The minimum Gasteiger partial charge on any atom is -0.347 e. The van der Waals surface area contributed by atoms with Crippen LogP contribution < -0.4 is 16.4 Å². The van der Waals surface area contributed by atoms with Gasteiger partial charge in [-0.15, -0.1) is 11.3 Å². The molecule has 0 saturated carbocycles. The third-order valence-electron chi connectivity index (χ3n) is 2.85. The van der Waals surface area contributed by atoms with E-state index < -0.39 is 0 Å². The molecule has 4 N–H and O–H groups in total. The second-order valence-corrected chi connectivity index (χ2v) is 7.01. The Morgan fingerprint density at radius 2 is 1.83 bits per heavy atom. The van der Waals surface area contributed by atoms with Gasteiger partial charge in [-0.05, 0) is 45.0 Å². The number of nitrogens with one attached hydrogen (secondary N) is 2. The zero-order valence-corrected chi connectivity index (χ0v) is 14.2. The largest absolute Gasteiger partial charge is 0.347 e. The van der Waals surface area contributed by atoms with Crippen molar-refractivity contribution < 1.29 is 9.59 Å². The van der Waals surface area contributed by atoms with Gasteiger partial charge in [0.2, 0.25) is 0 Å². The molecule has 6 nitrogen and oxygen atoms in total. The van der Waals surface area contributed by atoms with Crippen molar-refractivity contribution in [3.05, 3.63) is 45.9 Å². The topological polar surface area (TPSA) is 97.1 Å². The van der Waals surface area contributed by atoms with Crippen LogP contribution in [0, 0.1) is 0 Å². The van der Waals surface area contributed by atoms with Crippen molar-refractivity contribution in [1.29, 1.82) is 0 Å². The van der Waals surface area contributed by atoms with Crippen molar-refractivity contribution in [2.45, 2.75) is 32.9 Å². The van der Waals surface area contributed by atoms with Gasteiger partial charge in [-0.25, -0.2) is 4.98 Å². The fourth-order valence-electron chi connectivity index (χ4n) is 1.82. The molecule has 0 unspecified atom stereocenters. The lowest BCUT2D eigenvalue weighted by atomic mass is 10.1. The van der Waals surface area contributed by atoms with Crippen LogP contribution >= 0.6 is 11.3 Å². The highest BCUT2D eigenvalue weighted by atomic mass is 32.1. The highest BCUT2D eigenvalue weighted by Crippen LogP contribution is 2.14. The molecule has 0 fully saturated rings. The molecule has 0 aliphatic rings. The van der Waals surface area contributed by atoms with Gasteiger partial charge in [-0.2, -0.15) is 0 Å². The molecule has 0 spiro atoms. The van der Waals surface area contributed by atoms with Crippen LogP contribution in [0.4, 0.5) is 5.69 Å². The fraction of sp³-hybridized carbons (Fsp3) is 0.312. The molecule has 2 amide bonds. The first-order valence-electron chi connectivity index (χ1n) is 7.17. The van der Waals surface area contributed by atoms with E-state index in [9.17, 15) is 9.59 Å². The Bertz CT molecular complexity index is 702. The molecule has 0 aliphatic heterocycles. The van der Waals surface area contributed by atoms with E-state index in [1.807, 2.05) is 20.8 Å². The van der Waals surface area contributed by atoms with Crippen LogP contribution in [0.1, 0.15) is 46.6 Å². The first-order valence-corrected chi connectivity index (χ1v) is 8.05. The molecular formula is C16H20N4O2S. The second-order valence-electron chi connectivity index (χ2n) is 6.07. The first-order chi connectivity index (χ1) is 10.8. The minimum atomic E-state index is -0.298. The molecule has 1 heterocycles. The van der Waals surface area contributed by atoms with Crippen molar-refractivity contribution in [2.75, 3.05) is 5.32 Å². The number of carbonyl (C=O) groups excluding carboxylic acids is 2. The Morgan fingerprint density at radius 3 is 2.35 bits per heavy atom. The summed E-state index contributed by atoms with van der Waals surface area (Å²) in [6, 6.07) is 6.71. The molecule has 23 heavy (non-hydrogen) atoms. The molecule has 7 heteroatoms. The zero-order valence-electron chi connectivity index (χ0n) is 13.3. The average molecular weight is 332 g/mol. The molecule has 0 aliphatic carbocycles. The van der Waals surface area contributed by atoms with Gasteiger partial charge in [0.25, 0.3) is 11.8 Å². The van der Waals surface area contributed by atoms with Crippen molar-refractivity contribution in [3.8, 4) is 0 Å². The summed E-state index contributed by atoms with van der Waals surface area (Å²) in [5, 5.41) is 8.01. The Kier molecular flexibility index (Phi) is 5.12. The molecule has 0 bridgehead atoms. The summed E-state index contributed by atoms with van der Waals surface area (Å²) in [7, 11) is 0. The lowest BCUT2D eigenvalue weighted by molar-refractivity contribution is 0.0919. The van der Waals surface area contributed by atoms with Crippen molar-refractivity contribution in [3.63, 3.8) is 0 Å². The number of rotatable bonds is 4.